The minimum atomic E-state index is -0.665. The third-order valence-electron chi connectivity index (χ3n) is 1.99. The second-order valence-electron chi connectivity index (χ2n) is 3.21. The monoisotopic (exact) mass is 221 g/mol. The molecule has 0 saturated heterocycles. The van der Waals surface area contributed by atoms with Gasteiger partial charge in [0.2, 0.25) is 5.91 Å². The summed E-state index contributed by atoms with van der Waals surface area (Å²) in [5.74, 6) is -0.628. The van der Waals surface area contributed by atoms with Crippen molar-refractivity contribution in [1.29, 1.82) is 5.26 Å². The summed E-state index contributed by atoms with van der Waals surface area (Å²) in [6.07, 6.45) is 0.0313. The molecule has 0 fully saturated rings. The first-order valence-electron chi connectivity index (χ1n) is 4.78. The van der Waals surface area contributed by atoms with E-state index in [0.29, 0.717) is 5.69 Å². The normalized spacial score (nSPS) is 11.3. The van der Waals surface area contributed by atoms with Crippen molar-refractivity contribution in [3.05, 3.63) is 30.1 Å². The maximum Gasteiger partial charge on any atom is 0.222 e. The molecule has 4 nitrogen and oxygen atoms in total. The van der Waals surface area contributed by atoms with Crippen LogP contribution in [0.25, 0.3) is 0 Å². The second-order valence-corrected chi connectivity index (χ2v) is 3.21. The zero-order chi connectivity index (χ0) is 12.0. The van der Waals surface area contributed by atoms with E-state index in [-0.39, 0.29) is 18.1 Å². The molecule has 0 heterocycles. The molecule has 0 spiro atoms. The van der Waals surface area contributed by atoms with Crippen molar-refractivity contribution in [2.45, 2.75) is 12.5 Å². The number of nitrogens with zero attached hydrogens (tertiary/aromatic N) is 1. The quantitative estimate of drug-likeness (QED) is 0.804. The molecule has 0 aliphatic heterocycles. The van der Waals surface area contributed by atoms with E-state index in [1.54, 1.807) is 6.07 Å². The average molecular weight is 221 g/mol. The number of benzene rings is 1. The van der Waals surface area contributed by atoms with Crippen LogP contribution in [0, 0.1) is 17.1 Å². The van der Waals surface area contributed by atoms with Gasteiger partial charge in [0.1, 0.15) is 11.9 Å². The summed E-state index contributed by atoms with van der Waals surface area (Å²) in [5, 5.41) is 14.0. The molecule has 1 unspecified atom stereocenters. The van der Waals surface area contributed by atoms with Gasteiger partial charge in [0, 0.05) is 12.7 Å². The molecule has 0 bridgehead atoms. The van der Waals surface area contributed by atoms with E-state index in [4.69, 9.17) is 5.26 Å². The lowest BCUT2D eigenvalue weighted by atomic mass is 10.2. The molecule has 16 heavy (non-hydrogen) atoms. The second kappa shape index (κ2) is 5.71. The van der Waals surface area contributed by atoms with Crippen molar-refractivity contribution >= 4 is 11.6 Å². The molecule has 0 aliphatic carbocycles. The van der Waals surface area contributed by atoms with Gasteiger partial charge in [-0.25, -0.2) is 4.39 Å². The Morgan fingerprint density at radius 2 is 2.38 bits per heavy atom. The highest BCUT2D eigenvalue weighted by Gasteiger charge is 2.11. The number of carbonyl (C=O) groups is 1. The number of amides is 1. The summed E-state index contributed by atoms with van der Waals surface area (Å²) in [6, 6.07) is 7.03. The van der Waals surface area contributed by atoms with Crippen LogP contribution in [0.15, 0.2) is 24.3 Å². The molecular formula is C11H12FN3O. The van der Waals surface area contributed by atoms with Gasteiger partial charge < -0.3 is 10.6 Å². The van der Waals surface area contributed by atoms with Crippen molar-refractivity contribution in [2.75, 3.05) is 12.4 Å². The Bertz CT molecular complexity index is 414. The molecule has 84 valence electrons. The predicted molar refractivity (Wildman–Crippen MR) is 58.1 cm³/mol. The molecule has 2 N–H and O–H groups in total. The molecule has 1 atom stereocenters. The summed E-state index contributed by atoms with van der Waals surface area (Å²) in [4.78, 5) is 11.1. The number of nitriles is 1. The molecule has 0 radical (unpaired) electrons. The SMILES string of the molecule is CNC(=O)CC(C#N)Nc1cccc(F)c1. The van der Waals surface area contributed by atoms with E-state index in [9.17, 15) is 9.18 Å². The smallest absolute Gasteiger partial charge is 0.222 e. The number of halogens is 1. The van der Waals surface area contributed by atoms with Gasteiger partial charge in [-0.05, 0) is 18.2 Å². The Labute approximate surface area is 93.1 Å². The van der Waals surface area contributed by atoms with Crippen LogP contribution in [0.4, 0.5) is 10.1 Å². The lowest BCUT2D eigenvalue weighted by molar-refractivity contribution is -0.120. The van der Waals surface area contributed by atoms with Crippen molar-refractivity contribution in [3.8, 4) is 6.07 Å². The van der Waals surface area contributed by atoms with Gasteiger partial charge in [0.25, 0.3) is 0 Å². The van der Waals surface area contributed by atoms with Gasteiger partial charge in [-0.2, -0.15) is 5.26 Å². The number of carbonyl (C=O) groups excluding carboxylic acids is 1. The highest BCUT2D eigenvalue weighted by Crippen LogP contribution is 2.11. The topological polar surface area (TPSA) is 64.9 Å². The molecule has 1 aromatic rings. The molecule has 0 aliphatic rings. The van der Waals surface area contributed by atoms with Gasteiger partial charge in [-0.1, -0.05) is 6.07 Å². The minimum absolute atomic E-state index is 0.0313. The van der Waals surface area contributed by atoms with Crippen LogP contribution in [-0.2, 0) is 4.79 Å². The molecule has 0 saturated carbocycles. The van der Waals surface area contributed by atoms with E-state index in [0.717, 1.165) is 0 Å². The third kappa shape index (κ3) is 3.58. The van der Waals surface area contributed by atoms with E-state index < -0.39 is 6.04 Å². The van der Waals surface area contributed by atoms with Crippen LogP contribution in [-0.4, -0.2) is 19.0 Å². The van der Waals surface area contributed by atoms with Crippen LogP contribution in [0.2, 0.25) is 0 Å². The average Bonchev–Trinajstić information content (AvgIpc) is 2.28. The number of hydrogen-bond acceptors (Lipinski definition) is 3. The first-order chi connectivity index (χ1) is 7.65. The summed E-state index contributed by atoms with van der Waals surface area (Å²) in [7, 11) is 1.50. The summed E-state index contributed by atoms with van der Waals surface area (Å²) in [6.45, 7) is 0. The van der Waals surface area contributed by atoms with E-state index in [2.05, 4.69) is 10.6 Å². The first kappa shape index (κ1) is 12.0. The Morgan fingerprint density at radius 3 is 2.94 bits per heavy atom. The van der Waals surface area contributed by atoms with Crippen molar-refractivity contribution < 1.29 is 9.18 Å². The first-order valence-corrected chi connectivity index (χ1v) is 4.78. The number of anilines is 1. The maximum atomic E-state index is 12.8. The molecule has 1 amide bonds. The van der Waals surface area contributed by atoms with Gasteiger partial charge >= 0.3 is 0 Å². The van der Waals surface area contributed by atoms with E-state index in [1.165, 1.54) is 25.2 Å². The number of hydrogen-bond donors (Lipinski definition) is 2. The summed E-state index contributed by atoms with van der Waals surface area (Å²) in [5.41, 5.74) is 0.482. The highest BCUT2D eigenvalue weighted by molar-refractivity contribution is 5.77. The van der Waals surface area contributed by atoms with E-state index >= 15 is 0 Å². The maximum absolute atomic E-state index is 12.8. The van der Waals surface area contributed by atoms with Crippen LogP contribution in [0.1, 0.15) is 6.42 Å². The van der Waals surface area contributed by atoms with Crippen molar-refractivity contribution in [1.82, 2.24) is 5.32 Å². The van der Waals surface area contributed by atoms with Crippen molar-refractivity contribution in [2.24, 2.45) is 0 Å². The van der Waals surface area contributed by atoms with Crippen LogP contribution in [0.3, 0.4) is 0 Å². The van der Waals surface area contributed by atoms with Crippen molar-refractivity contribution in [3.63, 3.8) is 0 Å². The molecule has 1 rings (SSSR count). The number of rotatable bonds is 4. The van der Waals surface area contributed by atoms with Gasteiger partial charge in [0.15, 0.2) is 0 Å². The van der Waals surface area contributed by atoms with Gasteiger partial charge in [0.05, 0.1) is 12.5 Å². The number of nitrogens with one attached hydrogen (secondary N) is 2. The standard InChI is InChI=1S/C11H12FN3O/c1-14-11(16)6-10(7-13)15-9-4-2-3-8(12)5-9/h2-5,10,15H,6H2,1H3,(H,14,16). The van der Waals surface area contributed by atoms with Gasteiger partial charge in [-0.3, -0.25) is 4.79 Å². The zero-order valence-corrected chi connectivity index (χ0v) is 8.83. The Kier molecular flexibility index (Phi) is 4.28. The third-order valence-corrected chi connectivity index (χ3v) is 1.99. The fourth-order valence-electron chi connectivity index (χ4n) is 1.20. The van der Waals surface area contributed by atoms with E-state index in [1.807, 2.05) is 6.07 Å². The zero-order valence-electron chi connectivity index (χ0n) is 8.83. The Balaban J connectivity index is 2.64. The Morgan fingerprint density at radius 1 is 1.62 bits per heavy atom. The van der Waals surface area contributed by atoms with Crippen LogP contribution >= 0.6 is 0 Å². The largest absolute Gasteiger partial charge is 0.369 e. The molecular weight excluding hydrogens is 209 g/mol. The fraction of sp³-hybridized carbons (Fsp3) is 0.273. The fourth-order valence-corrected chi connectivity index (χ4v) is 1.20. The minimum Gasteiger partial charge on any atom is -0.369 e. The highest BCUT2D eigenvalue weighted by atomic mass is 19.1. The summed E-state index contributed by atoms with van der Waals surface area (Å²) >= 11 is 0. The lowest BCUT2D eigenvalue weighted by Gasteiger charge is -2.11. The predicted octanol–water partition coefficient (Wildman–Crippen LogP) is 1.27. The molecule has 0 aromatic heterocycles. The van der Waals surface area contributed by atoms with Gasteiger partial charge in [-0.15, -0.1) is 0 Å². The molecule has 1 aromatic carbocycles. The summed E-state index contributed by atoms with van der Waals surface area (Å²) < 4.78 is 12.8. The molecule has 5 heteroatoms. The van der Waals surface area contributed by atoms with Crippen LogP contribution in [0.5, 0.6) is 0 Å². The van der Waals surface area contributed by atoms with Crippen LogP contribution < -0.4 is 10.6 Å². The lowest BCUT2D eigenvalue weighted by Crippen LogP contribution is -2.27. The Hall–Kier alpha value is -2.09.